The van der Waals surface area contributed by atoms with E-state index in [1.165, 1.54) is 0 Å². The molecule has 2 aromatic carbocycles. The first kappa shape index (κ1) is 20.3. The van der Waals surface area contributed by atoms with E-state index in [-0.39, 0.29) is 5.56 Å². The van der Waals surface area contributed by atoms with Gasteiger partial charge in [-0.25, -0.2) is 9.97 Å². The van der Waals surface area contributed by atoms with E-state index in [0.29, 0.717) is 28.5 Å². The predicted molar refractivity (Wildman–Crippen MR) is 138 cm³/mol. The summed E-state index contributed by atoms with van der Waals surface area (Å²) in [5, 5.41) is 9.23. The van der Waals surface area contributed by atoms with Gasteiger partial charge in [0.2, 0.25) is 5.95 Å². The Labute approximate surface area is 197 Å². The number of nitrogens with one attached hydrogen (secondary N) is 3. The molecule has 0 aliphatic carbocycles. The number of nitrogens with zero attached hydrogens (tertiary/aromatic N) is 4. The van der Waals surface area contributed by atoms with E-state index in [4.69, 9.17) is 4.98 Å². The van der Waals surface area contributed by atoms with Gasteiger partial charge in [-0.2, -0.15) is 4.98 Å². The van der Waals surface area contributed by atoms with E-state index in [9.17, 15) is 4.79 Å². The zero-order chi connectivity index (χ0) is 23.2. The van der Waals surface area contributed by atoms with Crippen LogP contribution in [0.2, 0.25) is 0 Å². The fraction of sp³-hybridized carbons (Fsp3) is 0.0800. The van der Waals surface area contributed by atoms with Crippen LogP contribution >= 0.6 is 11.3 Å². The van der Waals surface area contributed by atoms with Crippen LogP contribution in [0, 0.1) is 6.92 Å². The standard InChI is InChI=1S/C25H19N7OS/c1-13-21(29-15-6-7-19-18(10-15)28-12-34-19)20-22(30-25(26-2)32-23(20)31-24(13)33)17-5-3-4-14-11-27-9-8-16(14)17/h3-12H,1-2H3,(H3,26,29,30,31,32,33). The molecular formula is C25H19N7OS. The van der Waals surface area contributed by atoms with Gasteiger partial charge in [-0.3, -0.25) is 9.78 Å². The van der Waals surface area contributed by atoms with E-state index in [1.807, 2.05) is 54.2 Å². The molecule has 166 valence electrons. The number of H-pyrrole nitrogens is 1. The van der Waals surface area contributed by atoms with Gasteiger partial charge in [0.25, 0.3) is 5.56 Å². The lowest BCUT2D eigenvalue weighted by Crippen LogP contribution is -2.15. The van der Waals surface area contributed by atoms with Crippen LogP contribution in [0.4, 0.5) is 17.3 Å². The van der Waals surface area contributed by atoms with Crippen molar-refractivity contribution in [2.24, 2.45) is 0 Å². The van der Waals surface area contributed by atoms with Gasteiger partial charge in [0.05, 0.1) is 32.5 Å². The Kier molecular flexibility index (Phi) is 4.70. The number of aromatic nitrogens is 5. The second kappa shape index (κ2) is 7.89. The Hall–Kier alpha value is -4.37. The molecule has 0 atom stereocenters. The first-order valence-corrected chi connectivity index (χ1v) is 11.6. The normalized spacial score (nSPS) is 11.4. The highest BCUT2D eigenvalue weighted by molar-refractivity contribution is 7.16. The highest BCUT2D eigenvalue weighted by Gasteiger charge is 2.19. The van der Waals surface area contributed by atoms with Crippen LogP contribution < -0.4 is 16.2 Å². The van der Waals surface area contributed by atoms with Crippen LogP contribution in [0.5, 0.6) is 0 Å². The van der Waals surface area contributed by atoms with E-state index in [2.05, 4.69) is 30.6 Å². The fourth-order valence-corrected chi connectivity index (χ4v) is 4.82. The summed E-state index contributed by atoms with van der Waals surface area (Å²) in [5.74, 6) is 0.419. The molecule has 0 spiro atoms. The van der Waals surface area contributed by atoms with Crippen molar-refractivity contribution in [3.63, 3.8) is 0 Å². The third kappa shape index (κ3) is 3.25. The molecule has 9 heteroatoms. The van der Waals surface area contributed by atoms with Crippen molar-refractivity contribution in [3.05, 3.63) is 76.3 Å². The van der Waals surface area contributed by atoms with Crippen LogP contribution in [0.1, 0.15) is 5.56 Å². The second-order valence-electron chi connectivity index (χ2n) is 7.89. The summed E-state index contributed by atoms with van der Waals surface area (Å²) in [4.78, 5) is 33.9. The van der Waals surface area contributed by atoms with E-state index < -0.39 is 0 Å². The highest BCUT2D eigenvalue weighted by atomic mass is 32.1. The number of benzene rings is 2. The summed E-state index contributed by atoms with van der Waals surface area (Å²) < 4.78 is 1.10. The molecule has 0 fully saturated rings. The first-order chi connectivity index (χ1) is 16.6. The smallest absolute Gasteiger partial charge is 0.254 e. The van der Waals surface area contributed by atoms with Gasteiger partial charge in [0.1, 0.15) is 5.65 Å². The number of fused-ring (bicyclic) bond motifs is 3. The number of pyridine rings is 2. The molecule has 0 unspecified atom stereocenters. The Morgan fingerprint density at radius 2 is 2.00 bits per heavy atom. The lowest BCUT2D eigenvalue weighted by atomic mass is 9.99. The molecule has 0 saturated heterocycles. The molecule has 6 rings (SSSR count). The van der Waals surface area contributed by atoms with Crippen molar-refractivity contribution < 1.29 is 0 Å². The number of hydrogen-bond donors (Lipinski definition) is 3. The summed E-state index contributed by atoms with van der Waals surface area (Å²) in [6, 6.07) is 14.0. The molecule has 4 aromatic heterocycles. The van der Waals surface area contributed by atoms with Gasteiger partial charge >= 0.3 is 0 Å². The quantitative estimate of drug-likeness (QED) is 0.327. The number of rotatable bonds is 4. The number of hydrogen-bond acceptors (Lipinski definition) is 8. The highest BCUT2D eigenvalue weighted by Crippen LogP contribution is 2.37. The first-order valence-electron chi connectivity index (χ1n) is 10.7. The predicted octanol–water partition coefficient (Wildman–Crippen LogP) is 5.24. The number of thiazole rings is 1. The van der Waals surface area contributed by atoms with Gasteiger partial charge in [0.15, 0.2) is 0 Å². The maximum Gasteiger partial charge on any atom is 0.254 e. The SMILES string of the molecule is CNc1nc(-c2cccc3cnccc23)c2c(Nc3ccc4scnc4c3)c(C)c(=O)[nH]c2n1. The molecular weight excluding hydrogens is 446 g/mol. The van der Waals surface area contributed by atoms with Gasteiger partial charge in [-0.05, 0) is 36.6 Å². The van der Waals surface area contributed by atoms with E-state index in [1.54, 1.807) is 31.5 Å². The van der Waals surface area contributed by atoms with E-state index in [0.717, 1.165) is 37.6 Å². The van der Waals surface area contributed by atoms with Crippen LogP contribution in [-0.4, -0.2) is 32.0 Å². The lowest BCUT2D eigenvalue weighted by molar-refractivity contribution is 1.14. The molecule has 0 saturated carbocycles. The Bertz CT molecular complexity index is 1770. The molecule has 34 heavy (non-hydrogen) atoms. The average molecular weight is 466 g/mol. The summed E-state index contributed by atoms with van der Waals surface area (Å²) in [6.07, 6.45) is 3.60. The number of aromatic amines is 1. The number of anilines is 3. The molecule has 6 aromatic rings. The third-order valence-corrected chi connectivity index (χ3v) is 6.68. The summed E-state index contributed by atoms with van der Waals surface area (Å²) in [6.45, 7) is 1.80. The minimum absolute atomic E-state index is 0.210. The van der Waals surface area contributed by atoms with Gasteiger partial charge < -0.3 is 15.6 Å². The molecule has 4 heterocycles. The maximum absolute atomic E-state index is 12.9. The summed E-state index contributed by atoms with van der Waals surface area (Å²) in [5.41, 5.74) is 6.65. The minimum atomic E-state index is -0.210. The third-order valence-electron chi connectivity index (χ3n) is 5.87. The minimum Gasteiger partial charge on any atom is -0.357 e. The van der Waals surface area contributed by atoms with Crippen molar-refractivity contribution >= 4 is 60.7 Å². The monoisotopic (exact) mass is 465 g/mol. The summed E-state index contributed by atoms with van der Waals surface area (Å²) in [7, 11) is 1.76. The molecule has 8 nitrogen and oxygen atoms in total. The van der Waals surface area contributed by atoms with Crippen LogP contribution in [0.15, 0.2) is 65.2 Å². The molecule has 0 radical (unpaired) electrons. The molecule has 0 aliphatic rings. The van der Waals surface area contributed by atoms with Gasteiger partial charge in [0, 0.05) is 41.6 Å². The van der Waals surface area contributed by atoms with Crippen molar-refractivity contribution in [1.29, 1.82) is 0 Å². The molecule has 0 bridgehead atoms. The summed E-state index contributed by atoms with van der Waals surface area (Å²) >= 11 is 1.59. The van der Waals surface area contributed by atoms with Crippen molar-refractivity contribution in [3.8, 4) is 11.3 Å². The van der Waals surface area contributed by atoms with E-state index >= 15 is 0 Å². The average Bonchev–Trinajstić information content (AvgIpc) is 3.33. The zero-order valence-electron chi connectivity index (χ0n) is 18.4. The Balaban J connectivity index is 1.67. The Morgan fingerprint density at radius 3 is 2.88 bits per heavy atom. The Morgan fingerprint density at radius 1 is 1.09 bits per heavy atom. The van der Waals surface area contributed by atoms with Crippen molar-refractivity contribution in [1.82, 2.24) is 24.9 Å². The molecule has 0 amide bonds. The van der Waals surface area contributed by atoms with Crippen molar-refractivity contribution in [2.45, 2.75) is 6.92 Å². The maximum atomic E-state index is 12.9. The zero-order valence-corrected chi connectivity index (χ0v) is 19.2. The topological polar surface area (TPSA) is 108 Å². The second-order valence-corrected chi connectivity index (χ2v) is 8.77. The van der Waals surface area contributed by atoms with Gasteiger partial charge in [-0.15, -0.1) is 11.3 Å². The van der Waals surface area contributed by atoms with Gasteiger partial charge in [-0.1, -0.05) is 18.2 Å². The fourth-order valence-electron chi connectivity index (χ4n) is 4.16. The van der Waals surface area contributed by atoms with Crippen LogP contribution in [-0.2, 0) is 0 Å². The molecule has 0 aliphatic heterocycles. The van der Waals surface area contributed by atoms with Crippen molar-refractivity contribution in [2.75, 3.05) is 17.7 Å². The largest absolute Gasteiger partial charge is 0.357 e. The lowest BCUT2D eigenvalue weighted by Gasteiger charge is -2.17. The van der Waals surface area contributed by atoms with Crippen LogP contribution in [0.25, 0.3) is 43.3 Å². The van der Waals surface area contributed by atoms with Crippen LogP contribution in [0.3, 0.4) is 0 Å². The molecule has 3 N–H and O–H groups in total.